The van der Waals surface area contributed by atoms with Crippen LogP contribution in [0.4, 0.5) is 0 Å². The Bertz CT molecular complexity index is 858. The molecular formula is C61H123O6S3Sn. The van der Waals surface area contributed by atoms with E-state index < -0.39 is 0 Å². The van der Waals surface area contributed by atoms with Crippen LogP contribution in [-0.2, 0) is 28.6 Å². The fourth-order valence-corrected chi connectivity index (χ4v) is 8.89. The van der Waals surface area contributed by atoms with Crippen LogP contribution in [0.3, 0.4) is 0 Å². The zero-order valence-electron chi connectivity index (χ0n) is 48.0. The minimum absolute atomic E-state index is 0.0613. The number of esters is 3. The molecule has 0 aromatic rings. The Morgan fingerprint density at radius 2 is 0.380 bits per heavy atom. The van der Waals surface area contributed by atoms with Gasteiger partial charge >= 0.3 is 45.4 Å². The Labute approximate surface area is 474 Å². The van der Waals surface area contributed by atoms with E-state index in [1.54, 1.807) is 22.5 Å². The van der Waals surface area contributed by atoms with Gasteiger partial charge in [0.2, 0.25) is 0 Å². The molecule has 0 saturated carbocycles. The quantitative estimate of drug-likeness (QED) is 0.0185. The second-order valence-electron chi connectivity index (χ2n) is 19.9. The van der Waals surface area contributed by atoms with Crippen LogP contribution >= 0.6 is 37.9 Å². The van der Waals surface area contributed by atoms with Gasteiger partial charge < -0.3 is 14.2 Å². The van der Waals surface area contributed by atoms with Gasteiger partial charge in [0.1, 0.15) is 19.8 Å². The standard InChI is InChI=1S/3C20H40O2S.CH3.Sn/c3*1-2-3-4-5-6-7-8-9-10-11-12-13-14-15-16-17-20(21)22-18-19-23;;/h3*23H,2-19H2,1H3;1H3;. The van der Waals surface area contributed by atoms with Gasteiger partial charge in [0, 0.05) is 36.5 Å². The van der Waals surface area contributed by atoms with Crippen LogP contribution in [0.15, 0.2) is 0 Å². The summed E-state index contributed by atoms with van der Waals surface area (Å²) in [5, 5.41) is 0. The summed E-state index contributed by atoms with van der Waals surface area (Å²) in [7, 11) is 0. The van der Waals surface area contributed by atoms with Gasteiger partial charge in [0.05, 0.1) is 0 Å². The average molecular weight is 1170 g/mol. The molecule has 0 saturated heterocycles. The number of carbonyl (C=O) groups is 3. The Kier molecular flexibility index (Phi) is 84.1. The van der Waals surface area contributed by atoms with E-state index in [0.29, 0.717) is 56.3 Å². The van der Waals surface area contributed by atoms with Crippen LogP contribution in [0.25, 0.3) is 0 Å². The summed E-state index contributed by atoms with van der Waals surface area (Å²) in [6.45, 7) is 8.17. The monoisotopic (exact) mass is 1170 g/mol. The van der Waals surface area contributed by atoms with E-state index in [4.69, 9.17) is 14.2 Å². The number of hydrogen-bond donors (Lipinski definition) is 3. The zero-order valence-corrected chi connectivity index (χ0v) is 53.5. The fourth-order valence-electron chi connectivity index (χ4n) is 8.62. The predicted octanol–water partition coefficient (Wildman–Crippen LogP) is 20.4. The van der Waals surface area contributed by atoms with Gasteiger partial charge in [-0.2, -0.15) is 37.9 Å². The molecule has 0 fully saturated rings. The third-order valence-corrected chi connectivity index (χ3v) is 13.6. The third kappa shape index (κ3) is 81.8. The van der Waals surface area contributed by atoms with Crippen LogP contribution < -0.4 is 0 Å². The first-order chi connectivity index (χ1) is 34.9. The van der Waals surface area contributed by atoms with E-state index in [1.165, 1.54) is 250 Å². The maximum absolute atomic E-state index is 11.3. The van der Waals surface area contributed by atoms with Crippen LogP contribution in [0.2, 0.25) is 4.94 Å². The summed E-state index contributed by atoms with van der Waals surface area (Å²) in [4.78, 5) is 35.9. The molecule has 0 aliphatic heterocycles. The molecular weight excluding hydrogens is 1040 g/mol. The Hall–Kier alpha value is 0.259. The number of rotatable bonds is 54. The first kappa shape index (κ1) is 77.8. The molecule has 0 bridgehead atoms. The number of thiol groups is 3. The Balaban J connectivity index is -0.000000465. The molecule has 3 radical (unpaired) electrons. The van der Waals surface area contributed by atoms with E-state index in [1.807, 2.05) is 0 Å². The number of unbranched alkanes of at least 4 members (excludes halogenated alkanes) is 42. The SMILES string of the molecule is CCCCCCCCCCCCCCCCCC(=O)OCCS.CCCCCCCCCCCCCCCCCC(=O)OCCS.CCCCCCCCCCCCCCCCCC(=O)OCCS.[CH3][Sn]. The average Bonchev–Trinajstić information content (AvgIpc) is 3.38. The van der Waals surface area contributed by atoms with Crippen molar-refractivity contribution in [2.24, 2.45) is 0 Å². The summed E-state index contributed by atoms with van der Waals surface area (Å²) in [5.41, 5.74) is 0. The van der Waals surface area contributed by atoms with Gasteiger partial charge in [0.25, 0.3) is 0 Å². The van der Waals surface area contributed by atoms with E-state index in [0.717, 1.165) is 38.5 Å². The zero-order chi connectivity index (χ0) is 53.0. The summed E-state index contributed by atoms with van der Waals surface area (Å²) in [6, 6.07) is 0. The molecule has 10 heteroatoms. The van der Waals surface area contributed by atoms with E-state index in [2.05, 4.69) is 63.6 Å². The second-order valence-corrected chi connectivity index (χ2v) is 21.3. The minimum atomic E-state index is -0.0613. The van der Waals surface area contributed by atoms with Crippen LogP contribution in [-0.4, -0.2) is 77.5 Å². The topological polar surface area (TPSA) is 78.9 Å². The molecule has 71 heavy (non-hydrogen) atoms. The van der Waals surface area contributed by atoms with Gasteiger partial charge in [-0.15, -0.1) is 0 Å². The van der Waals surface area contributed by atoms with Crippen LogP contribution in [0.1, 0.15) is 329 Å². The number of hydrogen-bond acceptors (Lipinski definition) is 9. The molecule has 0 aliphatic rings. The van der Waals surface area contributed by atoms with Crippen molar-refractivity contribution in [2.45, 2.75) is 334 Å². The van der Waals surface area contributed by atoms with E-state index in [9.17, 15) is 14.4 Å². The van der Waals surface area contributed by atoms with Crippen molar-refractivity contribution in [1.82, 2.24) is 0 Å². The van der Waals surface area contributed by atoms with Gasteiger partial charge in [0.15, 0.2) is 0 Å². The van der Waals surface area contributed by atoms with Crippen molar-refractivity contribution in [3.05, 3.63) is 0 Å². The molecule has 0 aromatic heterocycles. The van der Waals surface area contributed by atoms with Crippen molar-refractivity contribution in [3.8, 4) is 0 Å². The maximum atomic E-state index is 11.3. The number of carbonyl (C=O) groups excluding carboxylic acids is 3. The first-order valence-corrected chi connectivity index (χ1v) is 35.5. The fraction of sp³-hybridized carbons (Fsp3) is 0.951. The normalized spacial score (nSPS) is 10.6. The van der Waals surface area contributed by atoms with Crippen LogP contribution in [0.5, 0.6) is 0 Å². The summed E-state index contributed by atoms with van der Waals surface area (Å²) >= 11 is 13.6. The van der Waals surface area contributed by atoms with Crippen molar-refractivity contribution < 1.29 is 28.6 Å². The van der Waals surface area contributed by atoms with Gasteiger partial charge in [-0.25, -0.2) is 0 Å². The summed E-state index contributed by atoms with van der Waals surface area (Å²) in [6.07, 6.45) is 62.5. The van der Waals surface area contributed by atoms with Crippen molar-refractivity contribution in [2.75, 3.05) is 37.1 Å². The van der Waals surface area contributed by atoms with Gasteiger partial charge in [-0.1, -0.05) is 290 Å². The van der Waals surface area contributed by atoms with Crippen molar-refractivity contribution >= 4 is 78.3 Å². The predicted molar refractivity (Wildman–Crippen MR) is 325 cm³/mol. The Morgan fingerprint density at radius 3 is 0.507 bits per heavy atom. The first-order valence-electron chi connectivity index (χ1n) is 30.7. The molecule has 0 N–H and O–H groups in total. The molecule has 0 aliphatic carbocycles. The van der Waals surface area contributed by atoms with Crippen molar-refractivity contribution in [1.29, 1.82) is 0 Å². The molecule has 0 amide bonds. The molecule has 0 atom stereocenters. The summed E-state index contributed by atoms with van der Waals surface area (Å²) in [5.74, 6) is 1.66. The molecule has 0 aromatic carbocycles. The van der Waals surface area contributed by atoms with Gasteiger partial charge in [-0.3, -0.25) is 14.4 Å². The molecule has 6 nitrogen and oxygen atoms in total. The van der Waals surface area contributed by atoms with Crippen molar-refractivity contribution in [3.63, 3.8) is 0 Å². The molecule has 0 rings (SSSR count). The Morgan fingerprint density at radius 1 is 0.254 bits per heavy atom. The van der Waals surface area contributed by atoms with Gasteiger partial charge in [-0.05, 0) is 19.3 Å². The third-order valence-electron chi connectivity index (χ3n) is 13.0. The second kappa shape index (κ2) is 76.8. The number of ether oxygens (including phenoxy) is 3. The molecule has 0 spiro atoms. The molecule has 425 valence electrons. The molecule has 0 heterocycles. The van der Waals surface area contributed by atoms with E-state index in [-0.39, 0.29) is 17.9 Å². The van der Waals surface area contributed by atoms with Crippen LogP contribution in [0, 0.1) is 0 Å². The van der Waals surface area contributed by atoms with E-state index >= 15 is 0 Å². The summed E-state index contributed by atoms with van der Waals surface area (Å²) < 4.78 is 15.0. The molecule has 0 unspecified atom stereocenters.